The van der Waals surface area contributed by atoms with Gasteiger partial charge in [-0.15, -0.1) is 0 Å². The van der Waals surface area contributed by atoms with Gasteiger partial charge in [-0.3, -0.25) is 13.9 Å². The molecular formula is C26H27N3O4. The van der Waals surface area contributed by atoms with Gasteiger partial charge in [0.25, 0.3) is 5.56 Å². The van der Waals surface area contributed by atoms with Crippen molar-refractivity contribution in [3.8, 4) is 17.0 Å². The van der Waals surface area contributed by atoms with Crippen LogP contribution >= 0.6 is 0 Å². The van der Waals surface area contributed by atoms with Crippen LogP contribution in [0.5, 0.6) is 5.75 Å². The number of hydrogen-bond donors (Lipinski definition) is 1. The van der Waals surface area contributed by atoms with E-state index in [2.05, 4.69) is 18.4 Å². The monoisotopic (exact) mass is 445 g/mol. The first-order valence-corrected chi connectivity index (χ1v) is 10.9. The highest BCUT2D eigenvalue weighted by molar-refractivity contribution is 5.96. The lowest BCUT2D eigenvalue weighted by molar-refractivity contribution is -0.00708. The third-order valence-corrected chi connectivity index (χ3v) is 6.59. The van der Waals surface area contributed by atoms with Gasteiger partial charge in [-0.2, -0.15) is 0 Å². The smallest absolute Gasteiger partial charge is 0.331 e. The summed E-state index contributed by atoms with van der Waals surface area (Å²) in [6.45, 7) is 6.59. The number of nitrogens with zero attached hydrogens (tertiary/aromatic N) is 3. The molecule has 1 N–H and O–H groups in total. The minimum atomic E-state index is -0.502. The van der Waals surface area contributed by atoms with Crippen LogP contribution in [0.25, 0.3) is 22.2 Å². The van der Waals surface area contributed by atoms with Gasteiger partial charge in [0.2, 0.25) is 0 Å². The largest absolute Gasteiger partial charge is 0.508 e. The molecule has 0 saturated carbocycles. The maximum Gasteiger partial charge on any atom is 0.331 e. The van der Waals surface area contributed by atoms with E-state index in [1.807, 2.05) is 43.3 Å². The van der Waals surface area contributed by atoms with Crippen molar-refractivity contribution in [2.45, 2.75) is 32.4 Å². The summed E-state index contributed by atoms with van der Waals surface area (Å²) in [5, 5.41) is 10.3. The average molecular weight is 446 g/mol. The zero-order valence-electron chi connectivity index (χ0n) is 19.4. The number of aromatic hydroxyl groups is 1. The molecule has 7 nitrogen and oxygen atoms in total. The van der Waals surface area contributed by atoms with E-state index in [4.69, 9.17) is 4.74 Å². The van der Waals surface area contributed by atoms with Crippen molar-refractivity contribution in [3.63, 3.8) is 0 Å². The van der Waals surface area contributed by atoms with Gasteiger partial charge in [-0.1, -0.05) is 42.0 Å². The molecule has 1 atom stereocenters. The Morgan fingerprint density at radius 3 is 2.24 bits per heavy atom. The van der Waals surface area contributed by atoms with Gasteiger partial charge in [0.05, 0.1) is 34.4 Å². The molecule has 2 aromatic heterocycles. The molecule has 0 unspecified atom stereocenters. The van der Waals surface area contributed by atoms with E-state index in [1.54, 1.807) is 23.7 Å². The molecule has 0 saturated heterocycles. The summed E-state index contributed by atoms with van der Waals surface area (Å²) in [4.78, 5) is 26.5. The predicted octanol–water partition coefficient (Wildman–Crippen LogP) is 3.57. The number of aryl methyl sites for hydroxylation is 2. The van der Waals surface area contributed by atoms with Crippen LogP contribution in [0.1, 0.15) is 36.8 Å². The van der Waals surface area contributed by atoms with Crippen molar-refractivity contribution in [3.05, 3.63) is 86.2 Å². The number of benzene rings is 2. The molecule has 1 aliphatic rings. The Kier molecular flexibility index (Phi) is 4.65. The standard InChI is InChI=1S/C26H27N3O4/c1-15-6-8-16(9-7-15)20-19-21(27(4)25(32)28(5)24(19)31)22-23(17-10-12-18(30)13-11-17)33-14-26(2,3)29(20)22/h6-13,23,30H,14H2,1-5H3/t23-/m0/s1. The second-order valence-corrected chi connectivity index (χ2v) is 9.46. The SMILES string of the molecule is Cc1ccc(-c2c3c(=O)n(C)c(=O)n(C)c3c3n2C(C)(C)CO[C@H]3c2ccc(O)cc2)cc1. The molecule has 33 heavy (non-hydrogen) atoms. The normalized spacial score (nSPS) is 17.3. The summed E-state index contributed by atoms with van der Waals surface area (Å²) in [5.74, 6) is 0.164. The van der Waals surface area contributed by atoms with Crippen molar-refractivity contribution in [2.24, 2.45) is 14.1 Å². The van der Waals surface area contributed by atoms with Gasteiger partial charge < -0.3 is 14.4 Å². The number of fused-ring (bicyclic) bond motifs is 3. The van der Waals surface area contributed by atoms with Crippen LogP contribution in [0, 0.1) is 6.92 Å². The lowest BCUT2D eigenvalue weighted by Crippen LogP contribution is -2.40. The zero-order chi connectivity index (χ0) is 23.7. The van der Waals surface area contributed by atoms with Crippen molar-refractivity contribution in [2.75, 3.05) is 6.61 Å². The Hall–Kier alpha value is -3.58. The lowest BCUT2D eigenvalue weighted by atomic mass is 9.98. The summed E-state index contributed by atoms with van der Waals surface area (Å²) in [7, 11) is 3.21. The summed E-state index contributed by atoms with van der Waals surface area (Å²) < 4.78 is 11.2. The van der Waals surface area contributed by atoms with Crippen molar-refractivity contribution in [1.82, 2.24) is 13.7 Å². The molecule has 0 radical (unpaired) electrons. The van der Waals surface area contributed by atoms with Crippen LogP contribution in [0.2, 0.25) is 0 Å². The molecule has 0 amide bonds. The van der Waals surface area contributed by atoms with Crippen molar-refractivity contribution in [1.29, 1.82) is 0 Å². The second-order valence-electron chi connectivity index (χ2n) is 9.46. The van der Waals surface area contributed by atoms with E-state index in [9.17, 15) is 14.7 Å². The van der Waals surface area contributed by atoms with Gasteiger partial charge in [0, 0.05) is 14.1 Å². The van der Waals surface area contributed by atoms with E-state index in [1.165, 1.54) is 7.05 Å². The lowest BCUT2D eigenvalue weighted by Gasteiger charge is -2.39. The minimum absolute atomic E-state index is 0.164. The van der Waals surface area contributed by atoms with Crippen LogP contribution in [-0.4, -0.2) is 25.4 Å². The molecule has 0 fully saturated rings. The maximum atomic E-state index is 13.5. The van der Waals surface area contributed by atoms with Gasteiger partial charge in [-0.25, -0.2) is 4.79 Å². The Bertz CT molecular complexity index is 1500. The fraction of sp³-hybridized carbons (Fsp3) is 0.308. The van der Waals surface area contributed by atoms with Gasteiger partial charge in [0.1, 0.15) is 11.9 Å². The van der Waals surface area contributed by atoms with Gasteiger partial charge in [-0.05, 0) is 44.0 Å². The molecule has 1 aliphatic heterocycles. The fourth-order valence-corrected chi connectivity index (χ4v) is 4.88. The Morgan fingerprint density at radius 2 is 1.61 bits per heavy atom. The topological polar surface area (TPSA) is 78.4 Å². The Labute approximate surface area is 191 Å². The molecule has 4 aromatic rings. The highest BCUT2D eigenvalue weighted by Gasteiger charge is 2.40. The Morgan fingerprint density at radius 1 is 0.970 bits per heavy atom. The molecule has 2 aromatic carbocycles. The van der Waals surface area contributed by atoms with E-state index in [0.717, 1.165) is 32.6 Å². The molecule has 5 rings (SSSR count). The van der Waals surface area contributed by atoms with E-state index >= 15 is 0 Å². The van der Waals surface area contributed by atoms with Crippen LogP contribution in [-0.2, 0) is 24.4 Å². The molecule has 0 spiro atoms. The van der Waals surface area contributed by atoms with E-state index < -0.39 is 11.6 Å². The maximum absolute atomic E-state index is 13.5. The minimum Gasteiger partial charge on any atom is -0.508 e. The number of hydrogen-bond acceptors (Lipinski definition) is 4. The zero-order valence-corrected chi connectivity index (χ0v) is 19.4. The molecule has 0 aliphatic carbocycles. The van der Waals surface area contributed by atoms with Crippen LogP contribution < -0.4 is 11.2 Å². The highest BCUT2D eigenvalue weighted by atomic mass is 16.5. The van der Waals surface area contributed by atoms with E-state index in [-0.39, 0.29) is 17.0 Å². The highest BCUT2D eigenvalue weighted by Crippen LogP contribution is 2.45. The summed E-state index contributed by atoms with van der Waals surface area (Å²) in [6.07, 6.45) is -0.502. The Balaban J connectivity index is 2.00. The fourth-order valence-electron chi connectivity index (χ4n) is 4.88. The third kappa shape index (κ3) is 3.07. The van der Waals surface area contributed by atoms with Crippen LogP contribution in [0.15, 0.2) is 58.1 Å². The molecule has 0 bridgehead atoms. The van der Waals surface area contributed by atoms with Crippen molar-refractivity contribution >= 4 is 10.9 Å². The summed E-state index contributed by atoms with van der Waals surface area (Å²) >= 11 is 0. The third-order valence-electron chi connectivity index (χ3n) is 6.59. The molecule has 170 valence electrons. The van der Waals surface area contributed by atoms with Gasteiger partial charge >= 0.3 is 5.69 Å². The summed E-state index contributed by atoms with van der Waals surface area (Å²) in [6, 6.07) is 14.9. The second kappa shape index (κ2) is 7.22. The quantitative estimate of drug-likeness (QED) is 0.512. The van der Waals surface area contributed by atoms with E-state index in [0.29, 0.717) is 17.5 Å². The number of aromatic nitrogens is 3. The van der Waals surface area contributed by atoms with Crippen molar-refractivity contribution < 1.29 is 9.84 Å². The van der Waals surface area contributed by atoms with Crippen LogP contribution in [0.3, 0.4) is 0 Å². The summed E-state index contributed by atoms with van der Waals surface area (Å²) in [5.41, 5.74) is 3.81. The molecule has 7 heteroatoms. The molecule has 3 heterocycles. The molecular weight excluding hydrogens is 418 g/mol. The first kappa shape index (κ1) is 21.3. The number of phenolic OH excluding ortho intramolecular Hbond substituents is 1. The predicted molar refractivity (Wildman–Crippen MR) is 128 cm³/mol. The first-order valence-electron chi connectivity index (χ1n) is 10.9. The van der Waals surface area contributed by atoms with Gasteiger partial charge in [0.15, 0.2) is 0 Å². The average Bonchev–Trinajstić information content (AvgIpc) is 3.15. The van der Waals surface area contributed by atoms with Crippen LogP contribution in [0.4, 0.5) is 0 Å². The number of rotatable bonds is 2. The first-order chi connectivity index (χ1) is 15.6. The number of ether oxygens (including phenoxy) is 1. The number of phenols is 1.